The van der Waals surface area contributed by atoms with E-state index in [0.29, 0.717) is 6.54 Å². The summed E-state index contributed by atoms with van der Waals surface area (Å²) in [5, 5.41) is 11.2. The fourth-order valence-electron chi connectivity index (χ4n) is 3.21. The highest BCUT2D eigenvalue weighted by Crippen LogP contribution is 2.33. The van der Waals surface area contributed by atoms with E-state index in [1.165, 1.54) is 4.88 Å². The van der Waals surface area contributed by atoms with Crippen LogP contribution in [0, 0.1) is 0 Å². The summed E-state index contributed by atoms with van der Waals surface area (Å²) in [6, 6.07) is 17.3. The number of benzene rings is 2. The lowest BCUT2D eigenvalue weighted by atomic mass is 10.0. The average molecular weight is 363 g/mol. The predicted molar refractivity (Wildman–Crippen MR) is 103 cm³/mol. The Morgan fingerprint density at radius 1 is 1.15 bits per heavy atom. The van der Waals surface area contributed by atoms with E-state index in [9.17, 15) is 9.59 Å². The smallest absolute Gasteiger partial charge is 0.310 e. The Kier molecular flexibility index (Phi) is 4.09. The lowest BCUT2D eigenvalue weighted by Crippen LogP contribution is -2.23. The minimum absolute atomic E-state index is 0.0169. The van der Waals surface area contributed by atoms with E-state index in [2.05, 4.69) is 12.1 Å². The highest BCUT2D eigenvalue weighted by Gasteiger charge is 2.29. The molecule has 1 aliphatic rings. The number of carbonyl (C=O) groups excluding carboxylic acids is 1. The van der Waals surface area contributed by atoms with Crippen LogP contribution < -0.4 is 4.90 Å². The van der Waals surface area contributed by atoms with Gasteiger partial charge in [0.15, 0.2) is 0 Å². The number of amides is 1. The Hall–Kier alpha value is -2.92. The number of aliphatic carboxylic acids is 1. The third kappa shape index (κ3) is 2.80. The molecule has 1 unspecified atom stereocenters. The first-order chi connectivity index (χ1) is 12.5. The number of fused-ring (bicyclic) bond motifs is 1. The number of carbonyl (C=O) groups is 2. The van der Waals surface area contributed by atoms with Gasteiger partial charge in [-0.25, -0.2) is 0 Å². The van der Waals surface area contributed by atoms with Gasteiger partial charge in [-0.2, -0.15) is 0 Å². The molecule has 3 aromatic rings. The number of nitrogens with zero attached hydrogens (tertiary/aromatic N) is 1. The zero-order chi connectivity index (χ0) is 18.3. The molecule has 130 valence electrons. The van der Waals surface area contributed by atoms with Crippen LogP contribution in [0.5, 0.6) is 0 Å². The minimum Gasteiger partial charge on any atom is -0.481 e. The molecule has 2 aromatic carbocycles. The van der Waals surface area contributed by atoms with Gasteiger partial charge in [0.25, 0.3) is 5.91 Å². The van der Waals surface area contributed by atoms with E-state index in [-0.39, 0.29) is 5.91 Å². The maximum Gasteiger partial charge on any atom is 0.310 e. The molecule has 4 nitrogen and oxygen atoms in total. The fourth-order valence-corrected chi connectivity index (χ4v) is 3.93. The van der Waals surface area contributed by atoms with Gasteiger partial charge in [0.05, 0.1) is 12.5 Å². The van der Waals surface area contributed by atoms with E-state index in [1.807, 2.05) is 35.7 Å². The van der Waals surface area contributed by atoms with Crippen LogP contribution >= 0.6 is 11.3 Å². The van der Waals surface area contributed by atoms with Gasteiger partial charge in [-0.1, -0.05) is 24.3 Å². The summed E-state index contributed by atoms with van der Waals surface area (Å²) in [5.41, 5.74) is 4.38. The van der Waals surface area contributed by atoms with Gasteiger partial charge in [0, 0.05) is 16.1 Å². The van der Waals surface area contributed by atoms with Crippen molar-refractivity contribution >= 4 is 28.9 Å². The van der Waals surface area contributed by atoms with Crippen LogP contribution in [0.2, 0.25) is 0 Å². The highest BCUT2D eigenvalue weighted by atomic mass is 32.1. The van der Waals surface area contributed by atoms with E-state index >= 15 is 0 Å². The Morgan fingerprint density at radius 2 is 1.92 bits per heavy atom. The quantitative estimate of drug-likeness (QED) is 0.727. The van der Waals surface area contributed by atoms with Crippen LogP contribution in [0.4, 0.5) is 5.69 Å². The summed E-state index contributed by atoms with van der Waals surface area (Å²) in [6.07, 6.45) is 0. The number of rotatable bonds is 4. The van der Waals surface area contributed by atoms with E-state index in [1.54, 1.807) is 35.3 Å². The molecule has 1 amide bonds. The molecule has 0 spiro atoms. The molecule has 4 rings (SSSR count). The van der Waals surface area contributed by atoms with Gasteiger partial charge in [0.2, 0.25) is 0 Å². The zero-order valence-corrected chi connectivity index (χ0v) is 15.0. The SMILES string of the molecule is CC(C(=O)O)c1ccc(N2Cc3cc(-c4cccs4)ccc3C2=O)cc1. The molecule has 0 aliphatic carbocycles. The molecule has 1 atom stereocenters. The standard InChI is InChI=1S/C21H17NO3S/c1-13(21(24)25)14-4-7-17(8-5-14)22-12-16-11-15(19-3-2-10-26-19)6-9-18(16)20(22)23/h2-11,13H,12H2,1H3,(H,24,25). The lowest BCUT2D eigenvalue weighted by Gasteiger charge is -2.16. The van der Waals surface area contributed by atoms with E-state index in [4.69, 9.17) is 5.11 Å². The van der Waals surface area contributed by atoms with E-state index < -0.39 is 11.9 Å². The first-order valence-electron chi connectivity index (χ1n) is 8.36. The second-order valence-electron chi connectivity index (χ2n) is 6.39. The molecule has 0 bridgehead atoms. The molecule has 0 saturated heterocycles. The summed E-state index contributed by atoms with van der Waals surface area (Å²) < 4.78 is 0. The second kappa shape index (κ2) is 6.42. The Balaban J connectivity index is 1.61. The van der Waals surface area contributed by atoms with Gasteiger partial charge >= 0.3 is 5.97 Å². The number of thiophene rings is 1. The van der Waals surface area contributed by atoms with Gasteiger partial charge in [-0.15, -0.1) is 11.3 Å². The molecule has 0 radical (unpaired) electrons. The number of anilines is 1. The highest BCUT2D eigenvalue weighted by molar-refractivity contribution is 7.13. The van der Waals surface area contributed by atoms with Gasteiger partial charge in [-0.3, -0.25) is 9.59 Å². The summed E-state index contributed by atoms with van der Waals surface area (Å²) >= 11 is 1.68. The van der Waals surface area contributed by atoms with Crippen molar-refractivity contribution in [2.45, 2.75) is 19.4 Å². The fraction of sp³-hybridized carbons (Fsp3) is 0.143. The number of carboxylic acid groups (broad SMARTS) is 1. The molecule has 0 fully saturated rings. The van der Waals surface area contributed by atoms with Crippen LogP contribution in [0.3, 0.4) is 0 Å². The van der Waals surface area contributed by atoms with E-state index in [0.717, 1.165) is 27.9 Å². The summed E-state index contributed by atoms with van der Waals surface area (Å²) in [5.74, 6) is -1.44. The lowest BCUT2D eigenvalue weighted by molar-refractivity contribution is -0.138. The first kappa shape index (κ1) is 16.5. The molecule has 5 heteroatoms. The van der Waals surface area contributed by atoms with Crippen LogP contribution in [-0.2, 0) is 11.3 Å². The van der Waals surface area contributed by atoms with Crippen LogP contribution in [0.15, 0.2) is 60.0 Å². The van der Waals surface area contributed by atoms with Crippen LogP contribution in [-0.4, -0.2) is 17.0 Å². The maximum atomic E-state index is 12.8. The van der Waals surface area contributed by atoms with Crippen LogP contribution in [0.25, 0.3) is 10.4 Å². The van der Waals surface area contributed by atoms with Crippen molar-refractivity contribution in [3.05, 3.63) is 76.7 Å². The summed E-state index contributed by atoms with van der Waals surface area (Å²) in [4.78, 5) is 26.8. The molecule has 1 aromatic heterocycles. The molecule has 0 saturated carbocycles. The average Bonchev–Trinajstić information content (AvgIpc) is 3.29. The third-order valence-electron chi connectivity index (χ3n) is 4.79. The molecule has 26 heavy (non-hydrogen) atoms. The molecular weight excluding hydrogens is 346 g/mol. The van der Waals surface area contributed by atoms with Crippen molar-refractivity contribution in [3.63, 3.8) is 0 Å². The molecule has 2 heterocycles. The summed E-state index contributed by atoms with van der Waals surface area (Å²) in [6.45, 7) is 2.18. The van der Waals surface area contributed by atoms with Gasteiger partial charge in [0.1, 0.15) is 0 Å². The van der Waals surface area contributed by atoms with Crippen molar-refractivity contribution in [3.8, 4) is 10.4 Å². The zero-order valence-electron chi connectivity index (χ0n) is 14.2. The van der Waals surface area contributed by atoms with Gasteiger partial charge < -0.3 is 10.0 Å². The monoisotopic (exact) mass is 363 g/mol. The first-order valence-corrected chi connectivity index (χ1v) is 9.24. The molecule has 1 aliphatic heterocycles. The van der Waals surface area contributed by atoms with Crippen molar-refractivity contribution in [1.29, 1.82) is 0 Å². The third-order valence-corrected chi connectivity index (χ3v) is 5.71. The molecule has 1 N–H and O–H groups in total. The number of hydrogen-bond donors (Lipinski definition) is 1. The minimum atomic E-state index is -0.858. The van der Waals surface area contributed by atoms with Crippen molar-refractivity contribution in [1.82, 2.24) is 0 Å². The van der Waals surface area contributed by atoms with Crippen molar-refractivity contribution < 1.29 is 14.7 Å². The normalized spacial score (nSPS) is 14.3. The van der Waals surface area contributed by atoms with Crippen molar-refractivity contribution in [2.24, 2.45) is 0 Å². The predicted octanol–water partition coefficient (Wildman–Crippen LogP) is 4.76. The Bertz CT molecular complexity index is 977. The largest absolute Gasteiger partial charge is 0.481 e. The molecular formula is C21H17NO3S. The summed E-state index contributed by atoms with van der Waals surface area (Å²) in [7, 11) is 0. The number of hydrogen-bond acceptors (Lipinski definition) is 3. The Morgan fingerprint density at radius 3 is 2.58 bits per heavy atom. The maximum absolute atomic E-state index is 12.8. The van der Waals surface area contributed by atoms with Gasteiger partial charge in [-0.05, 0) is 59.3 Å². The number of carboxylic acids is 1. The van der Waals surface area contributed by atoms with Crippen molar-refractivity contribution in [2.75, 3.05) is 4.90 Å². The topological polar surface area (TPSA) is 57.6 Å². The second-order valence-corrected chi connectivity index (χ2v) is 7.34. The van der Waals surface area contributed by atoms with Crippen LogP contribution in [0.1, 0.15) is 34.3 Å². The Labute approximate surface area is 155 Å².